The van der Waals surface area contributed by atoms with E-state index in [9.17, 15) is 23.3 Å². The molecule has 144 valence electrons. The maximum absolute atomic E-state index is 12.9. The molecule has 1 aliphatic rings. The number of piperazine rings is 1. The van der Waals surface area contributed by atoms with Crippen molar-refractivity contribution < 1.29 is 18.1 Å². The Bertz CT molecular complexity index is 806. The fraction of sp³-hybridized carbons (Fsp3) is 0.588. The predicted molar refractivity (Wildman–Crippen MR) is 97.2 cm³/mol. The van der Waals surface area contributed by atoms with Gasteiger partial charge in [0.1, 0.15) is 0 Å². The fourth-order valence-electron chi connectivity index (χ4n) is 2.86. The van der Waals surface area contributed by atoms with Crippen LogP contribution in [0.15, 0.2) is 23.1 Å². The molecular formula is C17H25N3O5S. The Morgan fingerprint density at radius 1 is 1.19 bits per heavy atom. The van der Waals surface area contributed by atoms with E-state index in [2.05, 4.69) is 0 Å². The largest absolute Gasteiger partial charge is 0.340 e. The number of hydrogen-bond donors (Lipinski definition) is 0. The molecule has 0 atom stereocenters. The molecule has 9 heteroatoms. The molecular weight excluding hydrogens is 358 g/mol. The lowest BCUT2D eigenvalue weighted by molar-refractivity contribution is -0.385. The summed E-state index contributed by atoms with van der Waals surface area (Å²) < 4.78 is 27.1. The third kappa shape index (κ3) is 4.59. The van der Waals surface area contributed by atoms with Crippen molar-refractivity contribution in [3.63, 3.8) is 0 Å². The summed E-state index contributed by atoms with van der Waals surface area (Å²) in [5, 5.41) is 11.0. The van der Waals surface area contributed by atoms with Crippen LogP contribution in [0.2, 0.25) is 0 Å². The summed E-state index contributed by atoms with van der Waals surface area (Å²) >= 11 is 0. The molecule has 1 aromatic carbocycles. The Kier molecular flexibility index (Phi) is 5.72. The van der Waals surface area contributed by atoms with Gasteiger partial charge in [-0.1, -0.05) is 26.8 Å². The zero-order chi connectivity index (χ0) is 19.7. The lowest BCUT2D eigenvalue weighted by Crippen LogP contribution is -2.51. The number of nitro groups is 1. The third-order valence-corrected chi connectivity index (χ3v) is 6.31. The SMILES string of the molecule is Cc1ccc([N+](=O)[O-])cc1S(=O)(=O)N1CCN(C(=O)CC(C)(C)C)CC1. The van der Waals surface area contributed by atoms with Crippen molar-refractivity contribution in [2.45, 2.75) is 39.0 Å². The van der Waals surface area contributed by atoms with Gasteiger partial charge < -0.3 is 4.90 Å². The van der Waals surface area contributed by atoms with Crippen LogP contribution in [0.4, 0.5) is 5.69 Å². The van der Waals surface area contributed by atoms with E-state index in [4.69, 9.17) is 0 Å². The number of carbonyl (C=O) groups is 1. The van der Waals surface area contributed by atoms with Crippen molar-refractivity contribution >= 4 is 21.6 Å². The van der Waals surface area contributed by atoms with E-state index in [0.29, 0.717) is 25.1 Å². The van der Waals surface area contributed by atoms with Gasteiger partial charge in [0.2, 0.25) is 15.9 Å². The molecule has 1 amide bonds. The second kappa shape index (κ2) is 7.32. The Hall–Kier alpha value is -2.00. The lowest BCUT2D eigenvalue weighted by Gasteiger charge is -2.35. The van der Waals surface area contributed by atoms with Gasteiger partial charge >= 0.3 is 0 Å². The smallest absolute Gasteiger partial charge is 0.270 e. The number of sulfonamides is 1. The zero-order valence-electron chi connectivity index (χ0n) is 15.6. The van der Waals surface area contributed by atoms with E-state index in [1.165, 1.54) is 16.4 Å². The summed E-state index contributed by atoms with van der Waals surface area (Å²) in [6.07, 6.45) is 0.406. The summed E-state index contributed by atoms with van der Waals surface area (Å²) in [6.45, 7) is 8.56. The maximum Gasteiger partial charge on any atom is 0.270 e. The molecule has 0 aliphatic carbocycles. The Morgan fingerprint density at radius 3 is 2.27 bits per heavy atom. The first-order valence-electron chi connectivity index (χ1n) is 8.45. The molecule has 26 heavy (non-hydrogen) atoms. The first-order valence-corrected chi connectivity index (χ1v) is 9.89. The highest BCUT2D eigenvalue weighted by Gasteiger charge is 2.32. The summed E-state index contributed by atoms with van der Waals surface area (Å²) in [5.74, 6) is 0.0149. The first-order chi connectivity index (χ1) is 11.9. The fourth-order valence-corrected chi connectivity index (χ4v) is 4.53. The van der Waals surface area contributed by atoms with Crippen molar-refractivity contribution in [3.05, 3.63) is 33.9 Å². The number of nitrogens with zero attached hydrogens (tertiary/aromatic N) is 3. The minimum absolute atomic E-state index is 0.0149. The van der Waals surface area contributed by atoms with Crippen LogP contribution >= 0.6 is 0 Å². The lowest BCUT2D eigenvalue weighted by atomic mass is 9.91. The second-order valence-electron chi connectivity index (χ2n) is 7.73. The maximum atomic E-state index is 12.9. The molecule has 0 bridgehead atoms. The Morgan fingerprint density at radius 2 is 1.77 bits per heavy atom. The molecule has 8 nitrogen and oxygen atoms in total. The average molecular weight is 383 g/mol. The molecule has 0 saturated carbocycles. The van der Waals surface area contributed by atoms with Crippen LogP contribution in [0.25, 0.3) is 0 Å². The molecule has 1 saturated heterocycles. The van der Waals surface area contributed by atoms with Crippen molar-refractivity contribution in [2.24, 2.45) is 5.41 Å². The van der Waals surface area contributed by atoms with Gasteiger partial charge in [-0.15, -0.1) is 0 Å². The molecule has 0 spiro atoms. The van der Waals surface area contributed by atoms with Crippen molar-refractivity contribution in [2.75, 3.05) is 26.2 Å². The minimum Gasteiger partial charge on any atom is -0.340 e. The van der Waals surface area contributed by atoms with Crippen LogP contribution in [0.1, 0.15) is 32.8 Å². The van der Waals surface area contributed by atoms with Gasteiger partial charge in [0.05, 0.1) is 9.82 Å². The van der Waals surface area contributed by atoms with Gasteiger partial charge in [-0.25, -0.2) is 8.42 Å². The minimum atomic E-state index is -3.84. The second-order valence-corrected chi connectivity index (χ2v) is 9.64. The quantitative estimate of drug-likeness (QED) is 0.586. The number of carbonyl (C=O) groups excluding carboxylic acids is 1. The van der Waals surface area contributed by atoms with Gasteiger partial charge in [0, 0.05) is 44.7 Å². The predicted octanol–water partition coefficient (Wildman–Crippen LogP) is 2.17. The van der Waals surface area contributed by atoms with Crippen LogP contribution in [0.5, 0.6) is 0 Å². The van der Waals surface area contributed by atoms with Crippen LogP contribution in [0, 0.1) is 22.5 Å². The normalized spacial score (nSPS) is 16.5. The van der Waals surface area contributed by atoms with E-state index in [0.717, 1.165) is 6.07 Å². The van der Waals surface area contributed by atoms with E-state index in [1.807, 2.05) is 20.8 Å². The summed E-state index contributed by atoms with van der Waals surface area (Å²) in [6, 6.07) is 3.83. The van der Waals surface area contributed by atoms with Crippen molar-refractivity contribution in [3.8, 4) is 0 Å². The molecule has 2 rings (SSSR count). The summed E-state index contributed by atoms with van der Waals surface area (Å²) in [4.78, 5) is 24.3. The number of amides is 1. The standard InChI is InChI=1S/C17H25N3O5S/c1-13-5-6-14(20(22)23)11-15(13)26(24,25)19-9-7-18(8-10-19)16(21)12-17(2,3)4/h5-6,11H,7-10,12H2,1-4H3. The van der Waals surface area contributed by atoms with Gasteiger partial charge in [-0.3, -0.25) is 14.9 Å². The molecule has 1 heterocycles. The highest BCUT2D eigenvalue weighted by molar-refractivity contribution is 7.89. The van der Waals surface area contributed by atoms with Crippen LogP contribution in [-0.2, 0) is 14.8 Å². The third-order valence-electron chi connectivity index (χ3n) is 4.27. The molecule has 0 unspecified atom stereocenters. The zero-order valence-corrected chi connectivity index (χ0v) is 16.4. The molecule has 1 fully saturated rings. The molecule has 1 aromatic rings. The van der Waals surface area contributed by atoms with Gasteiger partial charge in [-0.05, 0) is 17.9 Å². The number of non-ortho nitro benzene ring substituents is 1. The Labute approximate surface area is 154 Å². The van der Waals surface area contributed by atoms with Gasteiger partial charge in [0.15, 0.2) is 0 Å². The van der Waals surface area contributed by atoms with Crippen molar-refractivity contribution in [1.29, 1.82) is 0 Å². The topological polar surface area (TPSA) is 101 Å². The summed E-state index contributed by atoms with van der Waals surface area (Å²) in [5.41, 5.74) is 0.0791. The van der Waals surface area contributed by atoms with Gasteiger partial charge in [-0.2, -0.15) is 4.31 Å². The van der Waals surface area contributed by atoms with E-state index < -0.39 is 14.9 Å². The number of benzene rings is 1. The number of hydrogen-bond acceptors (Lipinski definition) is 5. The number of nitro benzene ring substituents is 1. The monoisotopic (exact) mass is 383 g/mol. The summed E-state index contributed by atoms with van der Waals surface area (Å²) in [7, 11) is -3.84. The van der Waals surface area contributed by atoms with E-state index >= 15 is 0 Å². The molecule has 1 aliphatic heterocycles. The van der Waals surface area contributed by atoms with Gasteiger partial charge in [0.25, 0.3) is 5.69 Å². The molecule has 0 N–H and O–H groups in total. The van der Waals surface area contributed by atoms with E-state index in [-0.39, 0.29) is 35.0 Å². The van der Waals surface area contributed by atoms with Crippen LogP contribution in [0.3, 0.4) is 0 Å². The highest BCUT2D eigenvalue weighted by atomic mass is 32.2. The Balaban J connectivity index is 2.15. The van der Waals surface area contributed by atoms with Crippen LogP contribution in [-0.4, -0.2) is 54.6 Å². The van der Waals surface area contributed by atoms with Crippen molar-refractivity contribution in [1.82, 2.24) is 9.21 Å². The highest BCUT2D eigenvalue weighted by Crippen LogP contribution is 2.26. The number of aryl methyl sites for hydroxylation is 1. The number of rotatable bonds is 4. The van der Waals surface area contributed by atoms with E-state index in [1.54, 1.807) is 11.8 Å². The molecule has 0 aromatic heterocycles. The first kappa shape index (κ1) is 20.3. The van der Waals surface area contributed by atoms with Crippen LogP contribution < -0.4 is 0 Å². The average Bonchev–Trinajstić information content (AvgIpc) is 2.53. The molecule has 0 radical (unpaired) electrons.